The first-order valence-corrected chi connectivity index (χ1v) is 8.41. The van der Waals surface area contributed by atoms with Crippen LogP contribution in [0.25, 0.3) is 0 Å². The second-order valence-corrected chi connectivity index (χ2v) is 6.30. The molecule has 1 atom stereocenters. The smallest absolute Gasteiger partial charge is 0.223 e. The molecule has 1 aromatic heterocycles. The van der Waals surface area contributed by atoms with Gasteiger partial charge in [-0.3, -0.25) is 9.48 Å². The number of carbonyl (C=O) groups excluding carboxylic acids is 1. The Morgan fingerprint density at radius 2 is 2.10 bits per heavy atom. The molecule has 1 amide bonds. The summed E-state index contributed by atoms with van der Waals surface area (Å²) in [7, 11) is 0. The van der Waals surface area contributed by atoms with E-state index in [1.54, 1.807) is 0 Å². The van der Waals surface area contributed by atoms with Gasteiger partial charge in [-0.15, -0.1) is 0 Å². The zero-order valence-corrected chi connectivity index (χ0v) is 14.2. The van der Waals surface area contributed by atoms with Gasteiger partial charge in [-0.2, -0.15) is 5.10 Å². The fourth-order valence-electron chi connectivity index (χ4n) is 2.96. The van der Waals surface area contributed by atoms with Gasteiger partial charge in [0, 0.05) is 19.5 Å². The van der Waals surface area contributed by atoms with Crippen molar-refractivity contribution in [2.45, 2.75) is 59.5 Å². The lowest BCUT2D eigenvalue weighted by Gasteiger charge is -2.17. The van der Waals surface area contributed by atoms with Crippen molar-refractivity contribution in [1.29, 1.82) is 0 Å². The van der Waals surface area contributed by atoms with Gasteiger partial charge in [0.15, 0.2) is 0 Å². The first kappa shape index (κ1) is 15.5. The highest BCUT2D eigenvalue weighted by atomic mass is 79.9. The molecule has 1 aromatic rings. The molecule has 0 N–H and O–H groups in total. The Morgan fingerprint density at radius 3 is 2.70 bits per heavy atom. The van der Waals surface area contributed by atoms with Crippen LogP contribution < -0.4 is 0 Å². The number of likely N-dealkylation sites (tertiary alicyclic amines) is 1. The van der Waals surface area contributed by atoms with Crippen LogP contribution in [-0.4, -0.2) is 27.1 Å². The Hall–Kier alpha value is -0.840. The molecule has 4 nitrogen and oxygen atoms in total. The molecule has 0 aliphatic carbocycles. The maximum Gasteiger partial charge on any atom is 0.223 e. The summed E-state index contributed by atoms with van der Waals surface area (Å²) in [6, 6.07) is 0. The van der Waals surface area contributed by atoms with Gasteiger partial charge in [0.2, 0.25) is 5.91 Å². The fraction of sp³-hybridized carbons (Fsp3) is 0.733. The SMILES string of the molecule is CCCC1CC(=O)N(Cc2c(Br)c(CC)nn2CC)C1. The number of hydrogen-bond donors (Lipinski definition) is 0. The van der Waals surface area contributed by atoms with Crippen molar-refractivity contribution >= 4 is 21.8 Å². The Bertz CT molecular complexity index is 484. The molecule has 2 heterocycles. The van der Waals surface area contributed by atoms with E-state index in [0.717, 1.165) is 48.2 Å². The minimum Gasteiger partial charge on any atom is -0.336 e. The van der Waals surface area contributed by atoms with Crippen LogP contribution >= 0.6 is 15.9 Å². The van der Waals surface area contributed by atoms with Crippen LogP contribution in [0.2, 0.25) is 0 Å². The molecule has 0 spiro atoms. The number of amides is 1. The Kier molecular flexibility index (Phi) is 5.24. The molecule has 0 aromatic carbocycles. The molecular weight excluding hydrogens is 318 g/mol. The third kappa shape index (κ3) is 3.08. The van der Waals surface area contributed by atoms with Crippen molar-refractivity contribution in [3.05, 3.63) is 15.9 Å². The molecular formula is C15H24BrN3O. The van der Waals surface area contributed by atoms with Crippen LogP contribution in [0.4, 0.5) is 0 Å². The number of halogens is 1. The molecule has 1 saturated heterocycles. The molecule has 0 bridgehead atoms. The minimum atomic E-state index is 0.289. The maximum atomic E-state index is 12.1. The quantitative estimate of drug-likeness (QED) is 0.795. The van der Waals surface area contributed by atoms with E-state index in [0.29, 0.717) is 18.9 Å². The Labute approximate surface area is 129 Å². The molecule has 1 unspecified atom stereocenters. The monoisotopic (exact) mass is 341 g/mol. The van der Waals surface area contributed by atoms with E-state index < -0.39 is 0 Å². The average molecular weight is 342 g/mol. The van der Waals surface area contributed by atoms with Crippen LogP contribution in [0.3, 0.4) is 0 Å². The van der Waals surface area contributed by atoms with Gasteiger partial charge < -0.3 is 4.90 Å². The number of aromatic nitrogens is 2. The van der Waals surface area contributed by atoms with E-state index in [2.05, 4.69) is 41.8 Å². The summed E-state index contributed by atoms with van der Waals surface area (Å²) < 4.78 is 3.09. The lowest BCUT2D eigenvalue weighted by atomic mass is 10.0. The molecule has 1 aliphatic heterocycles. The molecule has 0 radical (unpaired) electrons. The first-order valence-electron chi connectivity index (χ1n) is 7.62. The fourth-order valence-corrected chi connectivity index (χ4v) is 3.65. The van der Waals surface area contributed by atoms with Gasteiger partial charge in [-0.1, -0.05) is 20.3 Å². The molecule has 0 saturated carbocycles. The second kappa shape index (κ2) is 6.74. The van der Waals surface area contributed by atoms with Crippen LogP contribution in [0.5, 0.6) is 0 Å². The van der Waals surface area contributed by atoms with E-state index in [9.17, 15) is 4.79 Å². The maximum absolute atomic E-state index is 12.1. The number of carbonyl (C=O) groups is 1. The van der Waals surface area contributed by atoms with Crippen LogP contribution in [0, 0.1) is 5.92 Å². The van der Waals surface area contributed by atoms with Gasteiger partial charge in [0.1, 0.15) is 0 Å². The molecule has 1 aliphatic rings. The number of rotatable bonds is 6. The highest BCUT2D eigenvalue weighted by Gasteiger charge is 2.30. The second-order valence-electron chi connectivity index (χ2n) is 5.51. The highest BCUT2D eigenvalue weighted by molar-refractivity contribution is 9.10. The van der Waals surface area contributed by atoms with Crippen molar-refractivity contribution in [2.24, 2.45) is 5.92 Å². The molecule has 20 heavy (non-hydrogen) atoms. The summed E-state index contributed by atoms with van der Waals surface area (Å²) in [6.45, 7) is 8.80. The van der Waals surface area contributed by atoms with Gasteiger partial charge in [0.25, 0.3) is 0 Å². The zero-order chi connectivity index (χ0) is 14.7. The van der Waals surface area contributed by atoms with E-state index in [4.69, 9.17) is 0 Å². The van der Waals surface area contributed by atoms with Crippen LogP contribution in [-0.2, 0) is 24.3 Å². The molecule has 112 valence electrons. The lowest BCUT2D eigenvalue weighted by Crippen LogP contribution is -2.26. The third-order valence-corrected chi connectivity index (χ3v) is 4.94. The molecule has 5 heteroatoms. The minimum absolute atomic E-state index is 0.289. The van der Waals surface area contributed by atoms with Crippen molar-refractivity contribution in [1.82, 2.24) is 14.7 Å². The lowest BCUT2D eigenvalue weighted by molar-refractivity contribution is -0.128. The summed E-state index contributed by atoms with van der Waals surface area (Å²) in [5, 5.41) is 4.60. The van der Waals surface area contributed by atoms with E-state index in [1.165, 1.54) is 0 Å². The zero-order valence-electron chi connectivity index (χ0n) is 12.7. The van der Waals surface area contributed by atoms with Gasteiger partial charge in [-0.05, 0) is 41.6 Å². The van der Waals surface area contributed by atoms with E-state index in [-0.39, 0.29) is 5.91 Å². The van der Waals surface area contributed by atoms with Crippen LogP contribution in [0.1, 0.15) is 51.4 Å². The largest absolute Gasteiger partial charge is 0.336 e. The first-order chi connectivity index (χ1) is 9.60. The summed E-state index contributed by atoms with van der Waals surface area (Å²) >= 11 is 3.65. The Morgan fingerprint density at radius 1 is 1.35 bits per heavy atom. The predicted molar refractivity (Wildman–Crippen MR) is 83.4 cm³/mol. The number of aryl methyl sites for hydroxylation is 2. The molecule has 2 rings (SSSR count). The summed E-state index contributed by atoms with van der Waals surface area (Å²) in [4.78, 5) is 14.1. The third-order valence-electron chi connectivity index (χ3n) is 4.03. The summed E-state index contributed by atoms with van der Waals surface area (Å²) in [5.74, 6) is 0.826. The van der Waals surface area contributed by atoms with E-state index in [1.807, 2.05) is 9.58 Å². The van der Waals surface area contributed by atoms with Gasteiger partial charge in [0.05, 0.1) is 22.4 Å². The molecule has 1 fully saturated rings. The normalized spacial score (nSPS) is 19.1. The van der Waals surface area contributed by atoms with Crippen molar-refractivity contribution < 1.29 is 4.79 Å². The standard InChI is InChI=1S/C15H24BrN3O/c1-4-7-11-8-14(20)18(9-11)10-13-15(16)12(5-2)17-19(13)6-3/h11H,4-10H2,1-3H3. The Balaban J connectivity index is 2.14. The average Bonchev–Trinajstić information content (AvgIpc) is 2.92. The van der Waals surface area contributed by atoms with Gasteiger partial charge >= 0.3 is 0 Å². The van der Waals surface area contributed by atoms with E-state index >= 15 is 0 Å². The summed E-state index contributed by atoms with van der Waals surface area (Å²) in [5.41, 5.74) is 2.22. The number of nitrogens with zero attached hydrogens (tertiary/aromatic N) is 3. The van der Waals surface area contributed by atoms with Crippen molar-refractivity contribution in [3.63, 3.8) is 0 Å². The van der Waals surface area contributed by atoms with Crippen LogP contribution in [0.15, 0.2) is 4.47 Å². The van der Waals surface area contributed by atoms with Crippen molar-refractivity contribution in [3.8, 4) is 0 Å². The highest BCUT2D eigenvalue weighted by Crippen LogP contribution is 2.28. The van der Waals surface area contributed by atoms with Crippen molar-refractivity contribution in [2.75, 3.05) is 6.54 Å². The predicted octanol–water partition coefficient (Wildman–Crippen LogP) is 3.38. The number of hydrogen-bond acceptors (Lipinski definition) is 2. The topological polar surface area (TPSA) is 38.1 Å². The van der Waals surface area contributed by atoms with Gasteiger partial charge in [-0.25, -0.2) is 0 Å². The summed E-state index contributed by atoms with van der Waals surface area (Å²) in [6.07, 6.45) is 3.93.